The van der Waals surface area contributed by atoms with Crippen LogP contribution >= 0.6 is 0 Å². The van der Waals surface area contributed by atoms with Gasteiger partial charge in [-0.1, -0.05) is 13.8 Å². The highest BCUT2D eigenvalue weighted by atomic mass is 16.1. The molecule has 2 saturated carbocycles. The Morgan fingerprint density at radius 1 is 1.36 bits per heavy atom. The third-order valence-electron chi connectivity index (χ3n) is 4.20. The Hall–Kier alpha value is -0.330. The van der Waals surface area contributed by atoms with Crippen molar-refractivity contribution in [3.8, 4) is 0 Å². The molecule has 0 radical (unpaired) electrons. The second kappa shape index (κ2) is 1.88. The van der Waals surface area contributed by atoms with Crippen LogP contribution in [0.3, 0.4) is 0 Å². The lowest BCUT2D eigenvalue weighted by molar-refractivity contribution is -0.121. The molecule has 0 spiro atoms. The van der Waals surface area contributed by atoms with E-state index in [1.807, 2.05) is 0 Å². The van der Waals surface area contributed by atoms with Gasteiger partial charge in [0.2, 0.25) is 0 Å². The quantitative estimate of drug-likeness (QED) is 0.527. The highest BCUT2D eigenvalue weighted by molar-refractivity contribution is 5.61. The number of carbonyl (C=O) groups is 1. The first-order valence-corrected chi connectivity index (χ1v) is 4.56. The summed E-state index contributed by atoms with van der Waals surface area (Å²) in [7, 11) is 0. The molecule has 0 N–H and O–H groups in total. The summed E-state index contributed by atoms with van der Waals surface area (Å²) in [6.45, 7) is 4.42. The SMILES string of the molecule is CC1(C=O)CC2CCC1(C)C2. The van der Waals surface area contributed by atoms with Gasteiger partial charge in [0.15, 0.2) is 0 Å². The van der Waals surface area contributed by atoms with E-state index in [2.05, 4.69) is 13.8 Å². The van der Waals surface area contributed by atoms with Crippen LogP contribution in [-0.2, 0) is 4.79 Å². The summed E-state index contributed by atoms with van der Waals surface area (Å²) in [5, 5.41) is 0. The van der Waals surface area contributed by atoms with Crippen LogP contribution in [0.1, 0.15) is 39.5 Å². The summed E-state index contributed by atoms with van der Waals surface area (Å²) in [6.07, 6.45) is 6.27. The topological polar surface area (TPSA) is 17.1 Å². The summed E-state index contributed by atoms with van der Waals surface area (Å²) >= 11 is 0. The fourth-order valence-electron chi connectivity index (χ4n) is 3.09. The molecule has 0 heterocycles. The maximum atomic E-state index is 10.9. The largest absolute Gasteiger partial charge is 0.303 e. The van der Waals surface area contributed by atoms with Crippen LogP contribution in [0.15, 0.2) is 0 Å². The van der Waals surface area contributed by atoms with Crippen molar-refractivity contribution in [3.05, 3.63) is 0 Å². The van der Waals surface area contributed by atoms with Crippen molar-refractivity contribution in [3.63, 3.8) is 0 Å². The van der Waals surface area contributed by atoms with Gasteiger partial charge in [0.1, 0.15) is 6.29 Å². The van der Waals surface area contributed by atoms with Gasteiger partial charge in [-0.15, -0.1) is 0 Å². The van der Waals surface area contributed by atoms with Gasteiger partial charge in [0.05, 0.1) is 0 Å². The molecule has 0 aromatic carbocycles. The van der Waals surface area contributed by atoms with Gasteiger partial charge in [-0.3, -0.25) is 0 Å². The van der Waals surface area contributed by atoms with E-state index in [1.165, 1.54) is 25.5 Å². The van der Waals surface area contributed by atoms with Gasteiger partial charge >= 0.3 is 0 Å². The summed E-state index contributed by atoms with van der Waals surface area (Å²) in [5.41, 5.74) is 0.356. The van der Waals surface area contributed by atoms with Crippen molar-refractivity contribution in [1.29, 1.82) is 0 Å². The average Bonchev–Trinajstić information content (AvgIpc) is 2.42. The fraction of sp³-hybridized carbons (Fsp3) is 0.900. The molecule has 2 rings (SSSR count). The molecule has 0 saturated heterocycles. The van der Waals surface area contributed by atoms with Gasteiger partial charge in [-0.2, -0.15) is 0 Å². The van der Waals surface area contributed by atoms with Crippen molar-refractivity contribution >= 4 is 6.29 Å². The average molecular weight is 152 g/mol. The predicted molar refractivity (Wildman–Crippen MR) is 44.2 cm³/mol. The monoisotopic (exact) mass is 152 g/mol. The molecule has 0 aromatic heterocycles. The molecule has 2 bridgehead atoms. The number of hydrogen-bond donors (Lipinski definition) is 0. The van der Waals surface area contributed by atoms with Crippen molar-refractivity contribution in [2.45, 2.75) is 39.5 Å². The molecule has 3 unspecified atom stereocenters. The van der Waals surface area contributed by atoms with Crippen molar-refractivity contribution in [1.82, 2.24) is 0 Å². The number of carbonyl (C=O) groups excluding carboxylic acids is 1. The van der Waals surface area contributed by atoms with Gasteiger partial charge in [-0.25, -0.2) is 0 Å². The van der Waals surface area contributed by atoms with Gasteiger partial charge < -0.3 is 4.79 Å². The zero-order valence-corrected chi connectivity index (χ0v) is 7.39. The lowest BCUT2D eigenvalue weighted by Gasteiger charge is -2.37. The van der Waals surface area contributed by atoms with Gasteiger partial charge in [0, 0.05) is 5.41 Å². The summed E-state index contributed by atoms with van der Waals surface area (Å²) in [4.78, 5) is 10.9. The first kappa shape index (κ1) is 7.33. The van der Waals surface area contributed by atoms with E-state index in [4.69, 9.17) is 0 Å². The van der Waals surface area contributed by atoms with Gasteiger partial charge in [-0.05, 0) is 37.0 Å². The van der Waals surface area contributed by atoms with E-state index in [0.717, 1.165) is 12.3 Å². The smallest absolute Gasteiger partial charge is 0.126 e. The van der Waals surface area contributed by atoms with E-state index in [-0.39, 0.29) is 5.41 Å². The summed E-state index contributed by atoms with van der Waals surface area (Å²) < 4.78 is 0. The van der Waals surface area contributed by atoms with Crippen molar-refractivity contribution < 1.29 is 4.79 Å². The minimum absolute atomic E-state index is 0.00984. The third kappa shape index (κ3) is 0.743. The molecular formula is C10H16O. The Kier molecular flexibility index (Phi) is 1.25. The lowest BCUT2D eigenvalue weighted by Crippen LogP contribution is -2.34. The Morgan fingerprint density at radius 2 is 2.09 bits per heavy atom. The minimum atomic E-state index is 0.00984. The van der Waals surface area contributed by atoms with Crippen LogP contribution in [0.25, 0.3) is 0 Å². The van der Waals surface area contributed by atoms with Gasteiger partial charge in [0.25, 0.3) is 0 Å². The summed E-state index contributed by atoms with van der Waals surface area (Å²) in [6, 6.07) is 0. The Morgan fingerprint density at radius 3 is 2.36 bits per heavy atom. The lowest BCUT2D eigenvalue weighted by atomic mass is 9.66. The second-order valence-electron chi connectivity index (χ2n) is 4.91. The Balaban J connectivity index is 2.34. The molecule has 1 heteroatoms. The molecule has 2 aliphatic carbocycles. The molecule has 0 amide bonds. The number of fused-ring (bicyclic) bond motifs is 2. The van der Waals surface area contributed by atoms with Crippen LogP contribution in [0.2, 0.25) is 0 Å². The molecule has 0 aromatic rings. The Labute approximate surface area is 68.2 Å². The maximum Gasteiger partial charge on any atom is 0.126 e. The van der Waals surface area contributed by atoms with Crippen LogP contribution in [0.4, 0.5) is 0 Å². The molecule has 1 nitrogen and oxygen atoms in total. The molecule has 2 aliphatic rings. The third-order valence-corrected chi connectivity index (χ3v) is 4.20. The summed E-state index contributed by atoms with van der Waals surface area (Å²) in [5.74, 6) is 0.857. The first-order chi connectivity index (χ1) is 5.10. The molecule has 62 valence electrons. The van der Waals surface area contributed by atoms with Crippen molar-refractivity contribution in [2.24, 2.45) is 16.7 Å². The number of hydrogen-bond acceptors (Lipinski definition) is 1. The van der Waals surface area contributed by atoms with E-state index in [0.29, 0.717) is 5.41 Å². The van der Waals surface area contributed by atoms with Crippen LogP contribution in [0.5, 0.6) is 0 Å². The predicted octanol–water partition coefficient (Wildman–Crippen LogP) is 2.40. The first-order valence-electron chi connectivity index (χ1n) is 4.56. The van der Waals surface area contributed by atoms with E-state index >= 15 is 0 Å². The highest BCUT2D eigenvalue weighted by Crippen LogP contribution is 2.62. The standard InChI is InChI=1S/C10H16O/c1-9-4-3-8(5-9)6-10(9,2)7-11/h7-8H,3-6H2,1-2H3. The van der Waals surface area contributed by atoms with Crippen LogP contribution in [-0.4, -0.2) is 6.29 Å². The zero-order valence-electron chi connectivity index (χ0n) is 7.39. The zero-order chi connectivity index (χ0) is 8.11. The molecule has 2 fully saturated rings. The molecule has 11 heavy (non-hydrogen) atoms. The normalized spacial score (nSPS) is 54.9. The Bertz CT molecular complexity index is 199. The highest BCUT2D eigenvalue weighted by Gasteiger charge is 2.56. The number of rotatable bonds is 1. The fourth-order valence-corrected chi connectivity index (χ4v) is 3.09. The van der Waals surface area contributed by atoms with Crippen molar-refractivity contribution in [2.75, 3.05) is 0 Å². The van der Waals surface area contributed by atoms with E-state index < -0.39 is 0 Å². The van der Waals surface area contributed by atoms with E-state index in [9.17, 15) is 4.79 Å². The molecule has 0 aliphatic heterocycles. The number of aldehydes is 1. The van der Waals surface area contributed by atoms with E-state index in [1.54, 1.807) is 0 Å². The van der Waals surface area contributed by atoms with Crippen LogP contribution in [0, 0.1) is 16.7 Å². The van der Waals surface area contributed by atoms with Crippen LogP contribution < -0.4 is 0 Å². The second-order valence-corrected chi connectivity index (χ2v) is 4.91. The molecule has 3 atom stereocenters. The minimum Gasteiger partial charge on any atom is -0.303 e. The maximum absolute atomic E-state index is 10.9. The molecular weight excluding hydrogens is 136 g/mol.